The van der Waals surface area contributed by atoms with E-state index in [4.69, 9.17) is 14.2 Å². The average Bonchev–Trinajstić information content (AvgIpc) is 3.09. The van der Waals surface area contributed by atoms with Gasteiger partial charge in [-0.2, -0.15) is 0 Å². The third-order valence-electron chi connectivity index (χ3n) is 5.02. The van der Waals surface area contributed by atoms with Gasteiger partial charge in [0.25, 0.3) is 0 Å². The van der Waals surface area contributed by atoms with Gasteiger partial charge in [-0.1, -0.05) is 24.3 Å². The molecule has 142 valence electrons. The number of cyclic esters (lactones) is 1. The average molecular weight is 378 g/mol. The van der Waals surface area contributed by atoms with Crippen LogP contribution in [0, 0.1) is 0 Å². The van der Waals surface area contributed by atoms with Gasteiger partial charge in [-0.05, 0) is 30.0 Å². The molecule has 1 heterocycles. The Morgan fingerprint density at radius 2 is 1.61 bits per heavy atom. The number of hydrogen-bond donors (Lipinski definition) is 1. The van der Waals surface area contributed by atoms with E-state index in [0.717, 1.165) is 5.56 Å². The van der Waals surface area contributed by atoms with Crippen molar-refractivity contribution in [2.24, 2.45) is 0 Å². The Kier molecular flexibility index (Phi) is 4.19. The molecule has 0 unspecified atom stereocenters. The Hall–Kier alpha value is -3.54. The van der Waals surface area contributed by atoms with Crippen LogP contribution in [-0.4, -0.2) is 31.1 Å². The maximum Gasteiger partial charge on any atom is 0.339 e. The van der Waals surface area contributed by atoms with Gasteiger partial charge in [0.15, 0.2) is 17.3 Å². The molecule has 1 aliphatic heterocycles. The van der Waals surface area contributed by atoms with E-state index in [-0.39, 0.29) is 18.1 Å². The maximum absolute atomic E-state index is 12.5. The van der Waals surface area contributed by atoms with Crippen molar-refractivity contribution in [3.8, 4) is 28.4 Å². The van der Waals surface area contributed by atoms with E-state index >= 15 is 0 Å². The lowest BCUT2D eigenvalue weighted by Gasteiger charge is -2.16. The highest BCUT2D eigenvalue weighted by Crippen LogP contribution is 2.47. The van der Waals surface area contributed by atoms with Crippen molar-refractivity contribution in [2.45, 2.75) is 13.5 Å². The molecular formula is C22H18O6. The second kappa shape index (κ2) is 6.56. The van der Waals surface area contributed by atoms with Gasteiger partial charge in [0.1, 0.15) is 12.4 Å². The highest BCUT2D eigenvalue weighted by atomic mass is 16.5. The molecule has 0 radical (unpaired) electrons. The second-order valence-electron chi connectivity index (χ2n) is 6.54. The molecule has 0 aromatic heterocycles. The van der Waals surface area contributed by atoms with Crippen LogP contribution in [0.5, 0.6) is 17.2 Å². The van der Waals surface area contributed by atoms with Crippen LogP contribution < -0.4 is 9.47 Å². The van der Waals surface area contributed by atoms with Crippen LogP contribution in [0.15, 0.2) is 36.4 Å². The van der Waals surface area contributed by atoms with Gasteiger partial charge in [0.05, 0.1) is 19.8 Å². The van der Waals surface area contributed by atoms with Crippen LogP contribution in [0.2, 0.25) is 0 Å². The lowest BCUT2D eigenvalue weighted by Crippen LogP contribution is -2.00. The number of ketones is 1. The van der Waals surface area contributed by atoms with E-state index in [9.17, 15) is 14.7 Å². The van der Waals surface area contributed by atoms with E-state index in [0.29, 0.717) is 44.5 Å². The lowest BCUT2D eigenvalue weighted by molar-refractivity contribution is 0.0535. The van der Waals surface area contributed by atoms with E-state index < -0.39 is 5.97 Å². The summed E-state index contributed by atoms with van der Waals surface area (Å²) < 4.78 is 16.0. The minimum absolute atomic E-state index is 0.00279. The predicted octanol–water partition coefficient (Wildman–Crippen LogP) is 4.10. The number of phenolic OH excluding ortho intramolecular Hbond substituents is 1. The summed E-state index contributed by atoms with van der Waals surface area (Å²) >= 11 is 0. The molecule has 0 saturated carbocycles. The highest BCUT2D eigenvalue weighted by Gasteiger charge is 2.32. The van der Waals surface area contributed by atoms with Crippen molar-refractivity contribution in [1.82, 2.24) is 0 Å². The number of hydrogen-bond acceptors (Lipinski definition) is 6. The van der Waals surface area contributed by atoms with Crippen LogP contribution in [-0.2, 0) is 11.3 Å². The second-order valence-corrected chi connectivity index (χ2v) is 6.54. The number of methoxy groups -OCH3 is 2. The Morgan fingerprint density at radius 1 is 1.00 bits per heavy atom. The minimum atomic E-state index is -0.493. The van der Waals surface area contributed by atoms with Crippen molar-refractivity contribution < 1.29 is 28.9 Å². The molecule has 0 atom stereocenters. The first kappa shape index (κ1) is 17.9. The first-order valence-corrected chi connectivity index (χ1v) is 8.68. The zero-order valence-corrected chi connectivity index (χ0v) is 15.7. The van der Waals surface area contributed by atoms with Crippen LogP contribution in [0.25, 0.3) is 21.9 Å². The van der Waals surface area contributed by atoms with Crippen LogP contribution >= 0.6 is 0 Å². The summed E-state index contributed by atoms with van der Waals surface area (Å²) in [5.41, 5.74) is 2.70. The van der Waals surface area contributed by atoms with Gasteiger partial charge < -0.3 is 19.3 Å². The quantitative estimate of drug-likeness (QED) is 0.544. The fourth-order valence-corrected chi connectivity index (χ4v) is 3.60. The molecule has 1 aliphatic rings. The third-order valence-corrected chi connectivity index (χ3v) is 5.02. The number of aromatic hydroxyl groups is 1. The fourth-order valence-electron chi connectivity index (χ4n) is 3.60. The van der Waals surface area contributed by atoms with E-state index in [1.165, 1.54) is 21.1 Å². The number of carbonyl (C=O) groups is 2. The van der Waals surface area contributed by atoms with Crippen LogP contribution in [0.3, 0.4) is 0 Å². The Morgan fingerprint density at radius 3 is 2.18 bits per heavy atom. The summed E-state index contributed by atoms with van der Waals surface area (Å²) in [5, 5.41) is 11.9. The van der Waals surface area contributed by atoms with Gasteiger partial charge in [-0.15, -0.1) is 0 Å². The predicted molar refractivity (Wildman–Crippen MR) is 103 cm³/mol. The number of Topliss-reactive ketones (excluding diaryl/α,β-unsaturated/α-hetero) is 1. The summed E-state index contributed by atoms with van der Waals surface area (Å²) in [4.78, 5) is 24.1. The molecule has 4 rings (SSSR count). The summed E-state index contributed by atoms with van der Waals surface area (Å²) in [6.07, 6.45) is 0. The molecule has 0 bridgehead atoms. The third kappa shape index (κ3) is 2.57. The van der Waals surface area contributed by atoms with Gasteiger partial charge >= 0.3 is 5.97 Å². The van der Waals surface area contributed by atoms with Crippen molar-refractivity contribution in [3.05, 3.63) is 53.1 Å². The molecule has 3 aromatic rings. The summed E-state index contributed by atoms with van der Waals surface area (Å²) in [6.45, 7) is 1.50. The topological polar surface area (TPSA) is 82.1 Å². The Labute approximate surface area is 161 Å². The van der Waals surface area contributed by atoms with Gasteiger partial charge in [-0.25, -0.2) is 4.79 Å². The molecule has 0 saturated heterocycles. The summed E-state index contributed by atoms with van der Waals surface area (Å²) in [7, 11) is 3.04. The van der Waals surface area contributed by atoms with Crippen LogP contribution in [0.1, 0.15) is 33.2 Å². The van der Waals surface area contributed by atoms with Crippen molar-refractivity contribution in [2.75, 3.05) is 14.2 Å². The zero-order chi connectivity index (χ0) is 20.0. The van der Waals surface area contributed by atoms with Gasteiger partial charge in [-0.3, -0.25) is 4.79 Å². The summed E-state index contributed by atoms with van der Waals surface area (Å²) in [5.74, 6) is 0.391. The Balaban J connectivity index is 2.11. The van der Waals surface area contributed by atoms with Crippen molar-refractivity contribution >= 4 is 22.5 Å². The molecule has 0 aliphatic carbocycles. The smallest absolute Gasteiger partial charge is 0.339 e. The fraction of sp³-hybridized carbons (Fsp3) is 0.182. The monoisotopic (exact) mass is 378 g/mol. The van der Waals surface area contributed by atoms with Gasteiger partial charge in [0.2, 0.25) is 0 Å². The number of fused-ring (bicyclic) bond motifs is 2. The number of ether oxygens (including phenoxy) is 3. The largest absolute Gasteiger partial charge is 0.507 e. The number of benzene rings is 3. The van der Waals surface area contributed by atoms with Crippen molar-refractivity contribution in [1.29, 1.82) is 0 Å². The first-order valence-electron chi connectivity index (χ1n) is 8.68. The van der Waals surface area contributed by atoms with Gasteiger partial charge in [0, 0.05) is 22.1 Å². The number of carbonyl (C=O) groups excluding carboxylic acids is 2. The minimum Gasteiger partial charge on any atom is -0.507 e. The van der Waals surface area contributed by atoms with Crippen molar-refractivity contribution in [3.63, 3.8) is 0 Å². The highest BCUT2D eigenvalue weighted by molar-refractivity contribution is 6.13. The molecular weight excluding hydrogens is 360 g/mol. The Bertz CT molecular complexity index is 1130. The zero-order valence-electron chi connectivity index (χ0n) is 15.7. The van der Waals surface area contributed by atoms with E-state index in [2.05, 4.69) is 0 Å². The SMILES string of the molecule is COc1cc2c(O)c3c(c(-c4ccc(C(C)=O)cc4)c2cc1OC)C(=O)OC3. The van der Waals surface area contributed by atoms with E-state index in [1.54, 1.807) is 36.4 Å². The maximum atomic E-state index is 12.5. The summed E-state index contributed by atoms with van der Waals surface area (Å²) in [6, 6.07) is 10.4. The number of phenols is 1. The molecule has 3 aromatic carbocycles. The molecule has 1 N–H and O–H groups in total. The lowest BCUT2D eigenvalue weighted by atomic mass is 9.89. The molecule has 0 amide bonds. The van der Waals surface area contributed by atoms with E-state index in [1.807, 2.05) is 0 Å². The standard InChI is InChI=1S/C22H18O6/c1-11(23)12-4-6-13(7-5-12)19-14-8-17(26-2)18(27-3)9-15(14)21(24)16-10-28-22(25)20(16)19/h4-9,24H,10H2,1-3H3. The molecule has 0 spiro atoms. The molecule has 6 heteroatoms. The molecule has 0 fully saturated rings. The molecule has 6 nitrogen and oxygen atoms in total. The normalized spacial score (nSPS) is 12.6. The number of rotatable bonds is 4. The molecule has 28 heavy (non-hydrogen) atoms. The number of esters is 1. The first-order chi connectivity index (χ1) is 13.5. The van der Waals surface area contributed by atoms with Crippen LogP contribution in [0.4, 0.5) is 0 Å².